The van der Waals surface area contributed by atoms with Gasteiger partial charge in [0.25, 0.3) is 0 Å². The molecule has 1 spiro atoms. The maximum absolute atomic E-state index is 12.8. The standard InChI is InChI=1S/C14H20N2O3/c1-13(6-5-7-13)16-11(18)14(8-3-2-4-9-14)10(17)15-12(16)19/h2-9H2,1H3,(H,15,17,19). The van der Waals surface area contributed by atoms with Crippen LogP contribution >= 0.6 is 0 Å². The summed E-state index contributed by atoms with van der Waals surface area (Å²) in [7, 11) is 0. The first-order valence-corrected chi connectivity index (χ1v) is 7.20. The fourth-order valence-electron chi connectivity index (χ4n) is 3.67. The molecule has 5 nitrogen and oxygen atoms in total. The molecule has 5 heteroatoms. The van der Waals surface area contributed by atoms with Crippen molar-refractivity contribution >= 4 is 17.8 Å². The Bertz CT molecular complexity index is 448. The summed E-state index contributed by atoms with van der Waals surface area (Å²) in [4.78, 5) is 38.4. The van der Waals surface area contributed by atoms with Crippen LogP contribution in [0.3, 0.4) is 0 Å². The number of barbiturate groups is 1. The van der Waals surface area contributed by atoms with Crippen molar-refractivity contribution in [3.05, 3.63) is 0 Å². The second-order valence-corrected chi connectivity index (χ2v) is 6.39. The van der Waals surface area contributed by atoms with E-state index in [2.05, 4.69) is 5.32 Å². The van der Waals surface area contributed by atoms with Crippen LogP contribution in [-0.4, -0.2) is 28.3 Å². The highest BCUT2D eigenvalue weighted by Gasteiger charge is 2.58. The van der Waals surface area contributed by atoms with Gasteiger partial charge in [0.05, 0.1) is 0 Å². The lowest BCUT2D eigenvalue weighted by atomic mass is 9.68. The third kappa shape index (κ3) is 1.63. The highest BCUT2D eigenvalue weighted by molar-refractivity contribution is 6.19. The minimum atomic E-state index is -0.967. The Morgan fingerprint density at radius 1 is 0.947 bits per heavy atom. The Hall–Kier alpha value is -1.39. The van der Waals surface area contributed by atoms with Crippen molar-refractivity contribution in [3.8, 4) is 0 Å². The van der Waals surface area contributed by atoms with Crippen LogP contribution in [0.1, 0.15) is 58.3 Å². The van der Waals surface area contributed by atoms with Crippen LogP contribution in [0.25, 0.3) is 0 Å². The van der Waals surface area contributed by atoms with Crippen LogP contribution in [-0.2, 0) is 9.59 Å². The molecule has 0 atom stereocenters. The molecule has 1 aliphatic heterocycles. The Labute approximate surface area is 112 Å². The van der Waals surface area contributed by atoms with Crippen molar-refractivity contribution in [2.45, 2.75) is 63.8 Å². The Balaban J connectivity index is 1.96. The topological polar surface area (TPSA) is 66.5 Å². The van der Waals surface area contributed by atoms with Gasteiger partial charge in [-0.1, -0.05) is 19.3 Å². The molecular weight excluding hydrogens is 244 g/mol. The van der Waals surface area contributed by atoms with E-state index in [1.165, 1.54) is 4.90 Å². The summed E-state index contributed by atoms with van der Waals surface area (Å²) in [6.45, 7) is 1.94. The van der Waals surface area contributed by atoms with E-state index >= 15 is 0 Å². The van der Waals surface area contributed by atoms with Crippen molar-refractivity contribution in [2.24, 2.45) is 5.41 Å². The molecule has 0 unspecified atom stereocenters. The molecule has 2 aliphatic carbocycles. The molecule has 1 saturated heterocycles. The van der Waals surface area contributed by atoms with Gasteiger partial charge in [-0.05, 0) is 39.0 Å². The van der Waals surface area contributed by atoms with Gasteiger partial charge in [0.2, 0.25) is 11.8 Å². The third-order valence-corrected chi connectivity index (χ3v) is 5.15. The van der Waals surface area contributed by atoms with Gasteiger partial charge < -0.3 is 0 Å². The van der Waals surface area contributed by atoms with Gasteiger partial charge in [-0.2, -0.15) is 0 Å². The zero-order valence-electron chi connectivity index (χ0n) is 11.3. The van der Waals surface area contributed by atoms with E-state index in [-0.39, 0.29) is 17.4 Å². The van der Waals surface area contributed by atoms with E-state index in [0.29, 0.717) is 12.8 Å². The van der Waals surface area contributed by atoms with Gasteiger partial charge in [0.1, 0.15) is 5.41 Å². The van der Waals surface area contributed by atoms with Crippen LogP contribution in [0, 0.1) is 5.41 Å². The molecule has 2 saturated carbocycles. The molecule has 0 aromatic heterocycles. The van der Waals surface area contributed by atoms with Gasteiger partial charge >= 0.3 is 6.03 Å². The molecule has 3 fully saturated rings. The minimum absolute atomic E-state index is 0.247. The molecule has 0 radical (unpaired) electrons. The highest BCUT2D eigenvalue weighted by atomic mass is 16.2. The fraction of sp³-hybridized carbons (Fsp3) is 0.786. The largest absolute Gasteiger partial charge is 0.331 e. The molecular formula is C14H20N2O3. The van der Waals surface area contributed by atoms with Gasteiger partial charge in [-0.25, -0.2) is 4.79 Å². The van der Waals surface area contributed by atoms with Crippen molar-refractivity contribution in [1.82, 2.24) is 10.2 Å². The number of hydrogen-bond donors (Lipinski definition) is 1. The van der Waals surface area contributed by atoms with Crippen LogP contribution in [0.15, 0.2) is 0 Å². The molecule has 4 amide bonds. The second-order valence-electron chi connectivity index (χ2n) is 6.39. The van der Waals surface area contributed by atoms with Crippen molar-refractivity contribution in [2.75, 3.05) is 0 Å². The number of nitrogens with zero attached hydrogens (tertiary/aromatic N) is 1. The van der Waals surface area contributed by atoms with E-state index in [4.69, 9.17) is 0 Å². The lowest BCUT2D eigenvalue weighted by molar-refractivity contribution is -0.159. The molecule has 1 N–H and O–H groups in total. The molecule has 0 aromatic carbocycles. The Morgan fingerprint density at radius 3 is 2.11 bits per heavy atom. The summed E-state index contributed by atoms with van der Waals surface area (Å²) >= 11 is 0. The number of imide groups is 2. The number of amides is 4. The Kier molecular flexibility index (Phi) is 2.69. The molecule has 3 aliphatic rings. The first kappa shape index (κ1) is 12.6. The summed E-state index contributed by atoms with van der Waals surface area (Å²) in [5, 5.41) is 2.42. The fourth-order valence-corrected chi connectivity index (χ4v) is 3.67. The Morgan fingerprint density at radius 2 is 1.58 bits per heavy atom. The average molecular weight is 264 g/mol. The van der Waals surface area contributed by atoms with Crippen molar-refractivity contribution in [3.63, 3.8) is 0 Å². The maximum atomic E-state index is 12.8. The zero-order chi connectivity index (χ0) is 13.7. The van der Waals surface area contributed by atoms with Crippen LogP contribution in [0.5, 0.6) is 0 Å². The predicted octanol–water partition coefficient (Wildman–Crippen LogP) is 1.96. The lowest BCUT2D eigenvalue weighted by Crippen LogP contribution is -2.70. The third-order valence-electron chi connectivity index (χ3n) is 5.15. The smallest absolute Gasteiger partial charge is 0.277 e. The summed E-state index contributed by atoms with van der Waals surface area (Å²) in [5.41, 5.74) is -1.35. The van der Waals surface area contributed by atoms with Crippen molar-refractivity contribution in [1.29, 1.82) is 0 Å². The van der Waals surface area contributed by atoms with Gasteiger partial charge in [-0.3, -0.25) is 19.8 Å². The number of hydrogen-bond acceptors (Lipinski definition) is 3. The summed E-state index contributed by atoms with van der Waals surface area (Å²) < 4.78 is 0. The molecule has 104 valence electrons. The zero-order valence-corrected chi connectivity index (χ0v) is 11.3. The first-order chi connectivity index (χ1) is 9.00. The van der Waals surface area contributed by atoms with E-state index in [0.717, 1.165) is 38.5 Å². The normalized spacial score (nSPS) is 29.1. The highest BCUT2D eigenvalue weighted by Crippen LogP contribution is 2.45. The number of carbonyl (C=O) groups is 3. The molecule has 1 heterocycles. The van der Waals surface area contributed by atoms with E-state index in [1.54, 1.807) is 0 Å². The maximum Gasteiger partial charge on any atom is 0.331 e. The number of nitrogens with one attached hydrogen (secondary N) is 1. The summed E-state index contributed by atoms with van der Waals surface area (Å²) in [5.74, 6) is -0.621. The van der Waals surface area contributed by atoms with Crippen LogP contribution in [0.4, 0.5) is 4.79 Å². The minimum Gasteiger partial charge on any atom is -0.277 e. The molecule has 3 rings (SSSR count). The monoisotopic (exact) mass is 264 g/mol. The van der Waals surface area contributed by atoms with Crippen LogP contribution < -0.4 is 5.32 Å². The average Bonchev–Trinajstić information content (AvgIpc) is 2.36. The first-order valence-electron chi connectivity index (χ1n) is 7.20. The molecule has 0 aromatic rings. The SMILES string of the molecule is CC1(N2C(=O)NC(=O)C3(CCCCC3)C2=O)CCC1. The number of urea groups is 1. The van der Waals surface area contributed by atoms with Gasteiger partial charge in [0, 0.05) is 5.54 Å². The van der Waals surface area contributed by atoms with Gasteiger partial charge in [-0.15, -0.1) is 0 Å². The van der Waals surface area contributed by atoms with Crippen LogP contribution in [0.2, 0.25) is 0 Å². The second kappa shape index (κ2) is 4.05. The van der Waals surface area contributed by atoms with E-state index in [9.17, 15) is 14.4 Å². The number of carbonyl (C=O) groups excluding carboxylic acids is 3. The van der Waals surface area contributed by atoms with Gasteiger partial charge in [0.15, 0.2) is 0 Å². The van der Waals surface area contributed by atoms with Crippen molar-refractivity contribution < 1.29 is 14.4 Å². The van der Waals surface area contributed by atoms with E-state index in [1.807, 2.05) is 6.92 Å². The quantitative estimate of drug-likeness (QED) is 0.736. The number of rotatable bonds is 1. The van der Waals surface area contributed by atoms with E-state index < -0.39 is 11.4 Å². The predicted molar refractivity (Wildman–Crippen MR) is 68.2 cm³/mol. The molecule has 0 bridgehead atoms. The summed E-state index contributed by atoms with van der Waals surface area (Å²) in [6, 6.07) is -0.520. The molecule has 19 heavy (non-hydrogen) atoms. The summed E-state index contributed by atoms with van der Waals surface area (Å²) in [6.07, 6.45) is 6.72. The lowest BCUT2D eigenvalue weighted by Gasteiger charge is -2.52.